The van der Waals surface area contributed by atoms with Crippen LogP contribution in [0, 0.1) is 0 Å². The fourth-order valence-electron chi connectivity index (χ4n) is 3.83. The summed E-state index contributed by atoms with van der Waals surface area (Å²) >= 11 is 5.94. The zero-order valence-corrected chi connectivity index (χ0v) is 19.5. The molecule has 8 heteroatoms. The summed E-state index contributed by atoms with van der Waals surface area (Å²) in [5.41, 5.74) is 1.74. The van der Waals surface area contributed by atoms with Crippen molar-refractivity contribution in [3.63, 3.8) is 0 Å². The molecule has 1 saturated heterocycles. The number of hydrogen-bond donors (Lipinski definition) is 0. The Morgan fingerprint density at radius 3 is 2.47 bits per heavy atom. The molecule has 2 atom stereocenters. The summed E-state index contributed by atoms with van der Waals surface area (Å²) in [5, 5.41) is 1.50. The summed E-state index contributed by atoms with van der Waals surface area (Å²) in [4.78, 5) is 5.66. The van der Waals surface area contributed by atoms with Gasteiger partial charge in [0, 0.05) is 25.7 Å². The van der Waals surface area contributed by atoms with Crippen LogP contribution in [-0.2, 0) is 21.4 Å². The van der Waals surface area contributed by atoms with Crippen LogP contribution in [-0.4, -0.2) is 43.7 Å². The summed E-state index contributed by atoms with van der Waals surface area (Å²) < 4.78 is 34.2. The first-order valence-corrected chi connectivity index (χ1v) is 12.1. The molecule has 1 aliphatic rings. The molecular weight excluding hydrogens is 448 g/mol. The van der Waals surface area contributed by atoms with Crippen LogP contribution in [0.4, 0.5) is 0 Å². The molecule has 6 nitrogen and oxygen atoms in total. The average molecular weight is 473 g/mol. The third-order valence-electron chi connectivity index (χ3n) is 5.50. The summed E-state index contributed by atoms with van der Waals surface area (Å²) in [6, 6.07) is 23.6. The molecule has 1 fully saturated rings. The van der Waals surface area contributed by atoms with Crippen LogP contribution < -0.4 is 4.74 Å². The summed E-state index contributed by atoms with van der Waals surface area (Å²) in [5.74, 6) is 1.26. The van der Waals surface area contributed by atoms with Crippen molar-refractivity contribution >= 4 is 21.6 Å². The molecule has 0 spiro atoms. The number of hydrogen-bond acceptors (Lipinski definition) is 5. The quantitative estimate of drug-likeness (QED) is 0.490. The van der Waals surface area contributed by atoms with Crippen molar-refractivity contribution < 1.29 is 18.0 Å². The minimum Gasteiger partial charge on any atom is -0.457 e. The average Bonchev–Trinajstić information content (AvgIpc) is 3.18. The lowest BCUT2D eigenvalue weighted by Gasteiger charge is -2.27. The normalized spacial score (nSPS) is 19.4. The predicted octanol–water partition coefficient (Wildman–Crippen LogP) is 4.88. The highest BCUT2D eigenvalue weighted by Gasteiger charge is 2.45. The number of benzene rings is 3. The Morgan fingerprint density at radius 2 is 1.75 bits per heavy atom. The Balaban J connectivity index is 1.57. The van der Waals surface area contributed by atoms with Crippen LogP contribution in [0.15, 0.2) is 78.9 Å². The first-order valence-electron chi connectivity index (χ1n) is 10.2. The predicted molar refractivity (Wildman–Crippen MR) is 125 cm³/mol. The number of halogens is 1. The second-order valence-corrected chi connectivity index (χ2v) is 10.4. The molecule has 4 rings (SSSR count). The molecule has 168 valence electrons. The molecule has 0 N–H and O–H groups in total. The van der Waals surface area contributed by atoms with E-state index in [9.17, 15) is 8.42 Å². The maximum atomic E-state index is 13.4. The highest BCUT2D eigenvalue weighted by molar-refractivity contribution is 7.89. The molecule has 3 aromatic carbocycles. The van der Waals surface area contributed by atoms with Gasteiger partial charge in [-0.15, -0.1) is 0 Å². The maximum Gasteiger partial charge on any atom is 0.221 e. The molecule has 32 heavy (non-hydrogen) atoms. The molecule has 1 aliphatic heterocycles. The number of sulfonamides is 1. The molecule has 0 unspecified atom stereocenters. The van der Waals surface area contributed by atoms with E-state index in [1.807, 2.05) is 54.6 Å². The Labute approximate surface area is 193 Å². The van der Waals surface area contributed by atoms with Crippen LogP contribution in [0.2, 0.25) is 5.02 Å². The van der Waals surface area contributed by atoms with Gasteiger partial charge >= 0.3 is 0 Å². The minimum atomic E-state index is -3.63. The van der Waals surface area contributed by atoms with E-state index in [-0.39, 0.29) is 6.61 Å². The Kier molecular flexibility index (Phi) is 6.83. The fourth-order valence-corrected chi connectivity index (χ4v) is 5.64. The highest BCUT2D eigenvalue weighted by atomic mass is 35.5. The van der Waals surface area contributed by atoms with Gasteiger partial charge in [-0.2, -0.15) is 5.06 Å². The van der Waals surface area contributed by atoms with Crippen molar-refractivity contribution in [1.29, 1.82) is 0 Å². The lowest BCUT2D eigenvalue weighted by molar-refractivity contribution is -0.110. The van der Waals surface area contributed by atoms with Gasteiger partial charge in [-0.3, -0.25) is 4.84 Å². The molecule has 0 radical (unpaired) electrons. The van der Waals surface area contributed by atoms with Gasteiger partial charge in [-0.05, 0) is 47.5 Å². The number of ether oxygens (including phenoxy) is 1. The van der Waals surface area contributed by atoms with Crippen molar-refractivity contribution in [2.75, 3.05) is 20.7 Å². The number of nitrogens with zero attached hydrogens (tertiary/aromatic N) is 2. The maximum absolute atomic E-state index is 13.4. The monoisotopic (exact) mass is 472 g/mol. The highest BCUT2D eigenvalue weighted by Crippen LogP contribution is 2.37. The van der Waals surface area contributed by atoms with E-state index in [2.05, 4.69) is 0 Å². The zero-order chi connectivity index (χ0) is 22.7. The second kappa shape index (κ2) is 9.60. The van der Waals surface area contributed by atoms with Gasteiger partial charge in [0.1, 0.15) is 16.7 Å². The summed E-state index contributed by atoms with van der Waals surface area (Å²) in [7, 11) is -0.269. The molecule has 0 amide bonds. The first kappa shape index (κ1) is 22.8. The molecule has 1 heterocycles. The number of hydroxylamine groups is 2. The first-order chi connectivity index (χ1) is 15.3. The second-order valence-electron chi connectivity index (χ2n) is 7.74. The van der Waals surface area contributed by atoms with E-state index in [0.29, 0.717) is 23.1 Å². The molecular formula is C24H25ClN2O4S. The van der Waals surface area contributed by atoms with E-state index in [1.54, 1.807) is 43.4 Å². The SMILES string of the molecule is CN1OC[C@H](S(=O)(=O)N(C)Cc2ccccc2)[C@@H]1c1cccc(Oc2ccc(Cl)cc2)c1. The van der Waals surface area contributed by atoms with Crippen LogP contribution in [0.1, 0.15) is 17.2 Å². The van der Waals surface area contributed by atoms with Crippen LogP contribution in [0.3, 0.4) is 0 Å². The Hall–Kier alpha value is -2.42. The lowest BCUT2D eigenvalue weighted by atomic mass is 10.0. The van der Waals surface area contributed by atoms with Gasteiger partial charge < -0.3 is 4.74 Å². The molecule has 0 aromatic heterocycles. The molecule has 3 aromatic rings. The van der Waals surface area contributed by atoms with Gasteiger partial charge in [0.05, 0.1) is 12.6 Å². The standard InChI is InChI=1S/C24H25ClN2O4S/c1-26(16-18-7-4-3-5-8-18)32(28,29)23-17-30-27(2)24(23)19-9-6-10-22(15-19)31-21-13-11-20(25)12-14-21/h3-15,23-24H,16-17H2,1-2H3/t23-,24-/m0/s1. The minimum absolute atomic E-state index is 0.0882. The van der Waals surface area contributed by atoms with Crippen molar-refractivity contribution in [3.05, 3.63) is 95.0 Å². The summed E-state index contributed by atoms with van der Waals surface area (Å²) in [6.07, 6.45) is 0. The van der Waals surface area contributed by atoms with Gasteiger partial charge in [-0.25, -0.2) is 12.7 Å². The zero-order valence-electron chi connectivity index (χ0n) is 17.9. The van der Waals surface area contributed by atoms with E-state index in [1.165, 1.54) is 4.31 Å². The third kappa shape index (κ3) is 4.98. The molecule has 0 aliphatic carbocycles. The Bertz CT molecular complexity index is 1160. The third-order valence-corrected chi connectivity index (χ3v) is 7.91. The van der Waals surface area contributed by atoms with Gasteiger partial charge in [0.2, 0.25) is 10.0 Å². The van der Waals surface area contributed by atoms with Crippen LogP contribution >= 0.6 is 11.6 Å². The van der Waals surface area contributed by atoms with Gasteiger partial charge in [0.25, 0.3) is 0 Å². The van der Waals surface area contributed by atoms with E-state index in [4.69, 9.17) is 21.2 Å². The van der Waals surface area contributed by atoms with Gasteiger partial charge in [0.15, 0.2) is 0 Å². The fraction of sp³-hybridized carbons (Fsp3) is 0.250. The van der Waals surface area contributed by atoms with Crippen LogP contribution in [0.5, 0.6) is 11.5 Å². The Morgan fingerprint density at radius 1 is 1.03 bits per heavy atom. The largest absolute Gasteiger partial charge is 0.457 e. The van der Waals surface area contributed by atoms with Crippen molar-refractivity contribution in [2.24, 2.45) is 0 Å². The van der Waals surface area contributed by atoms with Crippen LogP contribution in [0.25, 0.3) is 0 Å². The van der Waals surface area contributed by atoms with Gasteiger partial charge in [-0.1, -0.05) is 54.1 Å². The van der Waals surface area contributed by atoms with E-state index < -0.39 is 21.3 Å². The topological polar surface area (TPSA) is 59.1 Å². The molecule has 0 saturated carbocycles. The number of rotatable bonds is 7. The van der Waals surface area contributed by atoms with Crippen molar-refractivity contribution in [2.45, 2.75) is 17.8 Å². The van der Waals surface area contributed by atoms with Crippen molar-refractivity contribution in [3.8, 4) is 11.5 Å². The smallest absolute Gasteiger partial charge is 0.221 e. The lowest BCUT2D eigenvalue weighted by Crippen LogP contribution is -2.40. The van der Waals surface area contributed by atoms with E-state index in [0.717, 1.165) is 11.1 Å². The summed E-state index contributed by atoms with van der Waals surface area (Å²) in [6.45, 7) is 0.390. The van der Waals surface area contributed by atoms with Crippen molar-refractivity contribution in [1.82, 2.24) is 9.37 Å². The molecule has 0 bridgehead atoms. The van der Waals surface area contributed by atoms with E-state index >= 15 is 0 Å².